The molecule has 132 valence electrons. The molecule has 6 heteroatoms. The lowest BCUT2D eigenvalue weighted by Gasteiger charge is -2.24. The number of allylic oxidation sites excluding steroid dienone is 1. The number of aliphatic hydroxyl groups excluding tert-OH is 1. The van der Waals surface area contributed by atoms with E-state index in [4.69, 9.17) is 14.6 Å². The van der Waals surface area contributed by atoms with Gasteiger partial charge in [0.05, 0.1) is 19.8 Å². The second kappa shape index (κ2) is 11.0. The largest absolute Gasteiger partial charge is 0.465 e. The first-order valence-electron chi connectivity index (χ1n) is 7.89. The van der Waals surface area contributed by atoms with E-state index in [1.807, 2.05) is 24.3 Å². The Morgan fingerprint density at radius 2 is 1.79 bits per heavy atom. The molecule has 5 nitrogen and oxygen atoms in total. The molecule has 0 amide bonds. The zero-order chi connectivity index (χ0) is 17.9. The van der Waals surface area contributed by atoms with Crippen molar-refractivity contribution in [3.8, 4) is 0 Å². The predicted molar refractivity (Wildman–Crippen MR) is 94.5 cm³/mol. The molecule has 0 aliphatic heterocycles. The number of hydrogen-bond donors (Lipinski definition) is 1. The van der Waals surface area contributed by atoms with Gasteiger partial charge in [0, 0.05) is 10.4 Å². The topological polar surface area (TPSA) is 72.8 Å². The number of esters is 2. The van der Waals surface area contributed by atoms with Gasteiger partial charge in [0.25, 0.3) is 0 Å². The monoisotopic (exact) mass is 398 g/mol. The molecule has 1 aromatic rings. The van der Waals surface area contributed by atoms with Crippen molar-refractivity contribution in [1.82, 2.24) is 0 Å². The van der Waals surface area contributed by atoms with Gasteiger partial charge in [-0.05, 0) is 38.0 Å². The average Bonchev–Trinajstić information content (AvgIpc) is 2.54. The van der Waals surface area contributed by atoms with Crippen molar-refractivity contribution in [3.63, 3.8) is 0 Å². The molecule has 0 aromatic heterocycles. The van der Waals surface area contributed by atoms with Gasteiger partial charge in [-0.1, -0.05) is 40.2 Å². The smallest absolute Gasteiger partial charge is 0.320 e. The Balaban J connectivity index is 3.24. The maximum absolute atomic E-state index is 12.4. The zero-order valence-corrected chi connectivity index (χ0v) is 15.5. The van der Waals surface area contributed by atoms with Crippen molar-refractivity contribution in [2.24, 2.45) is 5.92 Å². The standard InChI is InChI=1S/C18H23BrO5/c1-3-23-17(21)16(18(22)24-4-2)15(10-5-6-11-20)13-8-7-9-14(19)12-13/h5-9,12,15-16,20H,3-4,10-11H2,1-2H3/b6-5+/t15-/m1/s1. The molecule has 0 aliphatic carbocycles. The minimum Gasteiger partial charge on any atom is -0.465 e. The summed E-state index contributed by atoms with van der Waals surface area (Å²) in [4.78, 5) is 24.8. The van der Waals surface area contributed by atoms with E-state index in [1.54, 1.807) is 26.0 Å². The van der Waals surface area contributed by atoms with Gasteiger partial charge in [0.15, 0.2) is 5.92 Å². The highest BCUT2D eigenvalue weighted by molar-refractivity contribution is 9.10. The van der Waals surface area contributed by atoms with Crippen LogP contribution in [0, 0.1) is 5.92 Å². The van der Waals surface area contributed by atoms with Crippen LogP contribution >= 0.6 is 15.9 Å². The van der Waals surface area contributed by atoms with Crippen LogP contribution in [-0.2, 0) is 19.1 Å². The van der Waals surface area contributed by atoms with Crippen LogP contribution in [-0.4, -0.2) is 36.9 Å². The molecule has 0 heterocycles. The quantitative estimate of drug-likeness (QED) is 0.392. The van der Waals surface area contributed by atoms with Gasteiger partial charge in [-0.2, -0.15) is 0 Å². The van der Waals surface area contributed by atoms with Crippen molar-refractivity contribution >= 4 is 27.9 Å². The second-order valence-electron chi connectivity index (χ2n) is 5.03. The molecular formula is C18H23BrO5. The summed E-state index contributed by atoms with van der Waals surface area (Å²) in [5, 5.41) is 8.94. The summed E-state index contributed by atoms with van der Waals surface area (Å²) in [6.07, 6.45) is 3.73. The van der Waals surface area contributed by atoms with E-state index in [9.17, 15) is 9.59 Å². The van der Waals surface area contributed by atoms with E-state index in [0.717, 1.165) is 10.0 Å². The molecule has 0 radical (unpaired) electrons. The number of rotatable bonds is 9. The minimum atomic E-state index is -1.05. The molecule has 0 aliphatic rings. The molecule has 0 saturated heterocycles. The minimum absolute atomic E-state index is 0.102. The van der Waals surface area contributed by atoms with Crippen molar-refractivity contribution < 1.29 is 24.2 Å². The summed E-state index contributed by atoms with van der Waals surface area (Å²) >= 11 is 3.41. The van der Waals surface area contributed by atoms with E-state index in [-0.39, 0.29) is 19.8 Å². The number of carbonyl (C=O) groups is 2. The molecule has 0 unspecified atom stereocenters. The molecule has 0 bridgehead atoms. The number of benzene rings is 1. The van der Waals surface area contributed by atoms with E-state index >= 15 is 0 Å². The zero-order valence-electron chi connectivity index (χ0n) is 13.9. The summed E-state index contributed by atoms with van der Waals surface area (Å²) < 4.78 is 11.0. The maximum atomic E-state index is 12.4. The Morgan fingerprint density at radius 1 is 1.17 bits per heavy atom. The lowest BCUT2D eigenvalue weighted by molar-refractivity contribution is -0.162. The molecule has 1 atom stereocenters. The van der Waals surface area contributed by atoms with Gasteiger partial charge in [-0.15, -0.1) is 0 Å². The first-order valence-corrected chi connectivity index (χ1v) is 8.69. The predicted octanol–water partition coefficient (Wildman–Crippen LogP) is 3.21. The summed E-state index contributed by atoms with van der Waals surface area (Å²) in [5.41, 5.74) is 0.818. The molecule has 0 saturated carbocycles. The number of carbonyl (C=O) groups excluding carboxylic acids is 2. The maximum Gasteiger partial charge on any atom is 0.320 e. The number of aliphatic hydroxyl groups is 1. The van der Waals surface area contributed by atoms with E-state index < -0.39 is 23.8 Å². The van der Waals surface area contributed by atoms with Crippen LogP contribution in [0.15, 0.2) is 40.9 Å². The fourth-order valence-corrected chi connectivity index (χ4v) is 2.82. The normalized spacial score (nSPS) is 12.4. The van der Waals surface area contributed by atoms with Gasteiger partial charge < -0.3 is 14.6 Å². The highest BCUT2D eigenvalue weighted by Gasteiger charge is 2.37. The van der Waals surface area contributed by atoms with E-state index in [0.29, 0.717) is 6.42 Å². The molecule has 0 spiro atoms. The van der Waals surface area contributed by atoms with Crippen molar-refractivity contribution in [1.29, 1.82) is 0 Å². The Labute approximate surface area is 150 Å². The number of hydrogen-bond acceptors (Lipinski definition) is 5. The van der Waals surface area contributed by atoms with Gasteiger partial charge in [-0.25, -0.2) is 0 Å². The third kappa shape index (κ3) is 6.09. The molecule has 1 aromatic carbocycles. The third-order valence-electron chi connectivity index (χ3n) is 3.42. The van der Waals surface area contributed by atoms with Crippen molar-refractivity contribution in [2.45, 2.75) is 26.2 Å². The van der Waals surface area contributed by atoms with Crippen LogP contribution in [0.5, 0.6) is 0 Å². The van der Waals surface area contributed by atoms with Gasteiger partial charge in [-0.3, -0.25) is 9.59 Å². The fraction of sp³-hybridized carbons (Fsp3) is 0.444. The van der Waals surface area contributed by atoms with Crippen LogP contribution in [0.4, 0.5) is 0 Å². The van der Waals surface area contributed by atoms with E-state index in [1.165, 1.54) is 0 Å². The molecule has 1 N–H and O–H groups in total. The van der Waals surface area contributed by atoms with Gasteiger partial charge in [0.1, 0.15) is 0 Å². The molecule has 1 rings (SSSR count). The Hall–Kier alpha value is -1.66. The Bertz CT molecular complexity index is 552. The number of halogens is 1. The average molecular weight is 399 g/mol. The Kier molecular flexibility index (Phi) is 9.34. The second-order valence-corrected chi connectivity index (χ2v) is 5.95. The lowest BCUT2D eigenvalue weighted by Crippen LogP contribution is -2.33. The number of ether oxygens (including phenoxy) is 2. The van der Waals surface area contributed by atoms with Crippen molar-refractivity contribution in [2.75, 3.05) is 19.8 Å². The van der Waals surface area contributed by atoms with Crippen LogP contribution in [0.3, 0.4) is 0 Å². The van der Waals surface area contributed by atoms with Gasteiger partial charge in [0.2, 0.25) is 0 Å². The van der Waals surface area contributed by atoms with Crippen LogP contribution in [0.25, 0.3) is 0 Å². The highest BCUT2D eigenvalue weighted by Crippen LogP contribution is 2.32. The molecule has 24 heavy (non-hydrogen) atoms. The van der Waals surface area contributed by atoms with E-state index in [2.05, 4.69) is 15.9 Å². The summed E-state index contributed by atoms with van der Waals surface area (Å²) in [5.74, 6) is -2.69. The molecular weight excluding hydrogens is 376 g/mol. The molecule has 0 fully saturated rings. The Morgan fingerprint density at radius 3 is 2.29 bits per heavy atom. The summed E-state index contributed by atoms with van der Waals surface area (Å²) in [6, 6.07) is 7.43. The van der Waals surface area contributed by atoms with Crippen molar-refractivity contribution in [3.05, 3.63) is 46.5 Å². The van der Waals surface area contributed by atoms with Crippen LogP contribution in [0.1, 0.15) is 31.7 Å². The summed E-state index contributed by atoms with van der Waals surface area (Å²) in [6.45, 7) is 3.66. The van der Waals surface area contributed by atoms with Gasteiger partial charge >= 0.3 is 11.9 Å². The third-order valence-corrected chi connectivity index (χ3v) is 3.92. The van der Waals surface area contributed by atoms with Crippen LogP contribution < -0.4 is 0 Å². The fourth-order valence-electron chi connectivity index (χ4n) is 2.41. The SMILES string of the molecule is CCOC(=O)C(C(=O)OCC)[C@H](C/C=C/CO)c1cccc(Br)c1. The summed E-state index contributed by atoms with van der Waals surface area (Å²) in [7, 11) is 0. The first kappa shape index (κ1) is 20.4. The highest BCUT2D eigenvalue weighted by atomic mass is 79.9. The first-order chi connectivity index (χ1) is 11.5. The van der Waals surface area contributed by atoms with Crippen LogP contribution in [0.2, 0.25) is 0 Å². The lowest BCUT2D eigenvalue weighted by atomic mass is 9.83.